The fourth-order valence-electron chi connectivity index (χ4n) is 3.40. The molecule has 1 N–H and O–H groups in total. The average Bonchev–Trinajstić information content (AvgIpc) is 3.42. The summed E-state index contributed by atoms with van der Waals surface area (Å²) in [5.41, 5.74) is 1.45. The molecule has 2 aromatic heterocycles. The summed E-state index contributed by atoms with van der Waals surface area (Å²) in [5.74, 6) is 1.23. The summed E-state index contributed by atoms with van der Waals surface area (Å²) in [6.45, 7) is 2.36. The highest BCUT2D eigenvalue weighted by Gasteiger charge is 2.20. The van der Waals surface area contributed by atoms with Gasteiger partial charge in [-0.2, -0.15) is 5.10 Å². The van der Waals surface area contributed by atoms with Crippen molar-refractivity contribution in [1.29, 1.82) is 0 Å². The van der Waals surface area contributed by atoms with Crippen LogP contribution in [0.1, 0.15) is 52.8 Å². The molecule has 1 aliphatic rings. The zero-order valence-electron chi connectivity index (χ0n) is 15.2. The van der Waals surface area contributed by atoms with Crippen molar-refractivity contribution in [2.75, 3.05) is 5.32 Å². The predicted octanol–water partition coefficient (Wildman–Crippen LogP) is 4.59. The second kappa shape index (κ2) is 7.92. The molecular formula is C20H22N4O2S. The van der Waals surface area contributed by atoms with Crippen LogP contribution < -0.4 is 10.1 Å². The molecule has 1 amide bonds. The Morgan fingerprint density at radius 3 is 2.96 bits per heavy atom. The van der Waals surface area contributed by atoms with E-state index in [2.05, 4.69) is 15.4 Å². The molecule has 1 aromatic carbocycles. The number of thiazole rings is 1. The van der Waals surface area contributed by atoms with E-state index in [1.165, 1.54) is 12.8 Å². The number of aromatic nitrogens is 3. The number of amides is 1. The van der Waals surface area contributed by atoms with E-state index in [9.17, 15) is 4.79 Å². The van der Waals surface area contributed by atoms with Gasteiger partial charge in [-0.1, -0.05) is 18.9 Å². The van der Waals surface area contributed by atoms with Crippen LogP contribution in [0.5, 0.6) is 5.75 Å². The number of nitrogens with zero attached hydrogens (tertiary/aromatic N) is 3. The van der Waals surface area contributed by atoms with Crippen molar-refractivity contribution in [2.45, 2.75) is 45.3 Å². The van der Waals surface area contributed by atoms with Crippen LogP contribution in [0.2, 0.25) is 0 Å². The van der Waals surface area contributed by atoms with Gasteiger partial charge in [0.15, 0.2) is 0 Å². The van der Waals surface area contributed by atoms with Gasteiger partial charge in [-0.25, -0.2) is 9.67 Å². The van der Waals surface area contributed by atoms with Gasteiger partial charge in [0.1, 0.15) is 18.2 Å². The number of benzene rings is 1. The average molecular weight is 382 g/mol. The fourth-order valence-corrected chi connectivity index (χ4v) is 4.00. The van der Waals surface area contributed by atoms with E-state index < -0.39 is 0 Å². The molecule has 0 aliphatic heterocycles. The molecule has 140 valence electrons. The molecule has 4 rings (SSSR count). The molecule has 2 heterocycles. The first kappa shape index (κ1) is 17.7. The third-order valence-electron chi connectivity index (χ3n) is 4.73. The Morgan fingerprint density at radius 1 is 1.33 bits per heavy atom. The van der Waals surface area contributed by atoms with Gasteiger partial charge < -0.3 is 10.1 Å². The summed E-state index contributed by atoms with van der Waals surface area (Å²) in [6, 6.07) is 9.44. The van der Waals surface area contributed by atoms with Gasteiger partial charge in [-0.3, -0.25) is 4.79 Å². The lowest BCUT2D eigenvalue weighted by atomic mass is 10.2. The number of carbonyl (C=O) groups is 1. The summed E-state index contributed by atoms with van der Waals surface area (Å²) in [4.78, 5) is 17.1. The highest BCUT2D eigenvalue weighted by Crippen LogP contribution is 2.31. The summed E-state index contributed by atoms with van der Waals surface area (Å²) < 4.78 is 7.72. The molecule has 0 radical (unpaired) electrons. The lowest BCUT2D eigenvalue weighted by Gasteiger charge is -2.15. The standard InChI is InChI=1S/C20H22N4O2S/c1-14-22-16(13-27-14)12-26-18-8-4-5-15(11-18)20(25)23-19-9-10-21-24(19)17-6-2-3-7-17/h4-5,8-11,13,17H,2-3,6-7,12H2,1H3,(H,23,25). The molecule has 27 heavy (non-hydrogen) atoms. The molecule has 7 heteroatoms. The summed E-state index contributed by atoms with van der Waals surface area (Å²) in [5, 5.41) is 10.4. The molecule has 1 aliphatic carbocycles. The Labute approximate surface area is 162 Å². The Bertz CT molecular complexity index is 927. The molecule has 1 saturated carbocycles. The number of carbonyl (C=O) groups excluding carboxylic acids is 1. The molecule has 0 unspecified atom stereocenters. The summed E-state index contributed by atoms with van der Waals surface area (Å²) in [6.07, 6.45) is 6.41. The Hall–Kier alpha value is -2.67. The van der Waals surface area contributed by atoms with Crippen molar-refractivity contribution in [3.63, 3.8) is 0 Å². The highest BCUT2D eigenvalue weighted by atomic mass is 32.1. The molecule has 0 bridgehead atoms. The second-order valence-electron chi connectivity index (χ2n) is 6.73. The highest BCUT2D eigenvalue weighted by molar-refractivity contribution is 7.09. The first-order valence-corrected chi connectivity index (χ1v) is 10.1. The number of hydrogen-bond donors (Lipinski definition) is 1. The van der Waals surface area contributed by atoms with Crippen molar-refractivity contribution in [1.82, 2.24) is 14.8 Å². The summed E-state index contributed by atoms with van der Waals surface area (Å²) >= 11 is 1.60. The lowest BCUT2D eigenvalue weighted by Crippen LogP contribution is -2.17. The van der Waals surface area contributed by atoms with Crippen LogP contribution in [0.4, 0.5) is 5.82 Å². The third kappa shape index (κ3) is 4.19. The second-order valence-corrected chi connectivity index (χ2v) is 7.79. The number of anilines is 1. The van der Waals surface area contributed by atoms with E-state index in [1.807, 2.05) is 35.2 Å². The lowest BCUT2D eigenvalue weighted by molar-refractivity contribution is 0.102. The van der Waals surface area contributed by atoms with Crippen molar-refractivity contribution < 1.29 is 9.53 Å². The number of ether oxygens (including phenoxy) is 1. The predicted molar refractivity (Wildman–Crippen MR) is 105 cm³/mol. The van der Waals surface area contributed by atoms with Crippen LogP contribution in [0.15, 0.2) is 41.9 Å². The Balaban J connectivity index is 1.42. The van der Waals surface area contributed by atoms with E-state index in [0.717, 1.165) is 29.4 Å². The number of aryl methyl sites for hydroxylation is 1. The number of rotatable bonds is 6. The maximum Gasteiger partial charge on any atom is 0.256 e. The van der Waals surface area contributed by atoms with Crippen molar-refractivity contribution in [2.24, 2.45) is 0 Å². The van der Waals surface area contributed by atoms with Crippen LogP contribution in [0, 0.1) is 6.92 Å². The monoisotopic (exact) mass is 382 g/mol. The number of nitrogens with one attached hydrogen (secondary N) is 1. The van der Waals surface area contributed by atoms with E-state index in [0.29, 0.717) is 24.0 Å². The van der Waals surface area contributed by atoms with E-state index in [4.69, 9.17) is 4.74 Å². The molecule has 6 nitrogen and oxygen atoms in total. The van der Waals surface area contributed by atoms with Crippen LogP contribution >= 0.6 is 11.3 Å². The van der Waals surface area contributed by atoms with Crippen LogP contribution in [-0.2, 0) is 6.61 Å². The first-order valence-electron chi connectivity index (χ1n) is 9.18. The van der Waals surface area contributed by atoms with Crippen molar-refractivity contribution >= 4 is 23.1 Å². The molecular weight excluding hydrogens is 360 g/mol. The minimum absolute atomic E-state index is 0.162. The van der Waals surface area contributed by atoms with Gasteiger partial charge in [0.25, 0.3) is 5.91 Å². The van der Waals surface area contributed by atoms with Gasteiger partial charge in [0.05, 0.1) is 22.9 Å². The van der Waals surface area contributed by atoms with Gasteiger partial charge in [-0.05, 0) is 38.0 Å². The van der Waals surface area contributed by atoms with E-state index in [-0.39, 0.29) is 5.91 Å². The fraction of sp³-hybridized carbons (Fsp3) is 0.350. The maximum atomic E-state index is 12.7. The largest absolute Gasteiger partial charge is 0.487 e. The van der Waals surface area contributed by atoms with E-state index in [1.54, 1.807) is 29.7 Å². The number of hydrogen-bond acceptors (Lipinski definition) is 5. The molecule has 3 aromatic rings. The van der Waals surface area contributed by atoms with Gasteiger partial charge in [0, 0.05) is 17.0 Å². The molecule has 0 saturated heterocycles. The molecule has 0 atom stereocenters. The molecule has 0 spiro atoms. The summed E-state index contributed by atoms with van der Waals surface area (Å²) in [7, 11) is 0. The molecule has 1 fully saturated rings. The van der Waals surface area contributed by atoms with Crippen LogP contribution in [0.25, 0.3) is 0 Å². The van der Waals surface area contributed by atoms with E-state index >= 15 is 0 Å². The zero-order valence-corrected chi connectivity index (χ0v) is 16.0. The topological polar surface area (TPSA) is 69.0 Å². The first-order chi connectivity index (χ1) is 13.2. The van der Waals surface area contributed by atoms with Crippen molar-refractivity contribution in [3.05, 3.63) is 58.2 Å². The van der Waals surface area contributed by atoms with Crippen molar-refractivity contribution in [3.8, 4) is 5.75 Å². The van der Waals surface area contributed by atoms with Crippen LogP contribution in [0.3, 0.4) is 0 Å². The Morgan fingerprint density at radius 2 is 2.19 bits per heavy atom. The van der Waals surface area contributed by atoms with Gasteiger partial charge in [-0.15, -0.1) is 11.3 Å². The maximum absolute atomic E-state index is 12.7. The Kier molecular flexibility index (Phi) is 5.20. The quantitative estimate of drug-likeness (QED) is 0.677. The minimum atomic E-state index is -0.162. The third-order valence-corrected chi connectivity index (χ3v) is 5.55. The van der Waals surface area contributed by atoms with Gasteiger partial charge >= 0.3 is 0 Å². The zero-order chi connectivity index (χ0) is 18.6. The van der Waals surface area contributed by atoms with Crippen LogP contribution in [-0.4, -0.2) is 20.7 Å². The smallest absolute Gasteiger partial charge is 0.256 e. The normalized spacial score (nSPS) is 14.4. The van der Waals surface area contributed by atoms with Gasteiger partial charge in [0.2, 0.25) is 0 Å². The minimum Gasteiger partial charge on any atom is -0.487 e. The SMILES string of the molecule is Cc1nc(COc2cccc(C(=O)Nc3ccnn3C3CCCC3)c2)cs1.